The summed E-state index contributed by atoms with van der Waals surface area (Å²) in [6, 6.07) is 12.5. The summed E-state index contributed by atoms with van der Waals surface area (Å²) >= 11 is 0. The van der Waals surface area contributed by atoms with Crippen LogP contribution in [0.1, 0.15) is 31.1 Å². The molecule has 0 spiro atoms. The van der Waals surface area contributed by atoms with E-state index in [1.165, 1.54) is 19.2 Å². The number of hydrogen-bond acceptors (Lipinski definition) is 5. The maximum absolute atomic E-state index is 12.2. The summed E-state index contributed by atoms with van der Waals surface area (Å²) in [4.78, 5) is 24.3. The quantitative estimate of drug-likeness (QED) is 0.553. The van der Waals surface area contributed by atoms with Crippen LogP contribution in [-0.4, -0.2) is 40.4 Å². The molecule has 0 aliphatic heterocycles. The smallest absolute Gasteiger partial charge is 0.251 e. The lowest BCUT2D eigenvalue weighted by Gasteiger charge is -2.17. The Labute approximate surface area is 177 Å². The van der Waals surface area contributed by atoms with Crippen LogP contribution in [0.3, 0.4) is 0 Å². The lowest BCUT2D eigenvalue weighted by atomic mass is 9.95. The van der Waals surface area contributed by atoms with Crippen LogP contribution in [0.5, 0.6) is 5.75 Å². The Hall–Kier alpha value is -2.91. The third-order valence-corrected chi connectivity index (χ3v) is 5.64. The molecule has 0 heterocycles. The van der Waals surface area contributed by atoms with Crippen molar-refractivity contribution in [3.63, 3.8) is 0 Å². The van der Waals surface area contributed by atoms with Crippen LogP contribution in [0, 0.1) is 5.41 Å². The highest BCUT2D eigenvalue weighted by Gasteiger charge is 2.21. The van der Waals surface area contributed by atoms with Gasteiger partial charge in [-0.25, -0.2) is 13.1 Å². The average molecular weight is 434 g/mol. The molecular formula is C21H27N3O5S. The minimum atomic E-state index is -3.67. The molecule has 0 aromatic heterocycles. The van der Waals surface area contributed by atoms with Crippen molar-refractivity contribution >= 4 is 27.5 Å². The largest absolute Gasteiger partial charge is 0.497 e. The molecule has 0 fully saturated rings. The topological polar surface area (TPSA) is 114 Å². The van der Waals surface area contributed by atoms with Crippen molar-refractivity contribution in [2.45, 2.75) is 25.7 Å². The van der Waals surface area contributed by atoms with E-state index in [4.69, 9.17) is 4.74 Å². The van der Waals surface area contributed by atoms with Crippen molar-refractivity contribution in [3.05, 3.63) is 54.1 Å². The van der Waals surface area contributed by atoms with E-state index in [1.807, 2.05) is 20.8 Å². The fourth-order valence-electron chi connectivity index (χ4n) is 2.33. The monoisotopic (exact) mass is 433 g/mol. The number of rotatable bonds is 8. The number of nitrogens with one attached hydrogen (secondary N) is 3. The van der Waals surface area contributed by atoms with E-state index < -0.39 is 15.4 Å². The molecule has 8 nitrogen and oxygen atoms in total. The fraction of sp³-hybridized carbons (Fsp3) is 0.333. The normalized spacial score (nSPS) is 11.6. The molecule has 2 amide bonds. The fourth-order valence-corrected chi connectivity index (χ4v) is 3.36. The highest BCUT2D eigenvalue weighted by Crippen LogP contribution is 2.18. The number of carbonyl (C=O) groups excluding carboxylic acids is 2. The minimum absolute atomic E-state index is 0.0415. The minimum Gasteiger partial charge on any atom is -0.497 e. The van der Waals surface area contributed by atoms with Crippen LogP contribution < -0.4 is 20.1 Å². The van der Waals surface area contributed by atoms with Crippen LogP contribution >= 0.6 is 0 Å². The van der Waals surface area contributed by atoms with Crippen molar-refractivity contribution in [2.75, 3.05) is 25.5 Å². The van der Waals surface area contributed by atoms with Crippen LogP contribution in [0.25, 0.3) is 0 Å². The van der Waals surface area contributed by atoms with E-state index in [9.17, 15) is 18.0 Å². The van der Waals surface area contributed by atoms with Crippen LogP contribution in [-0.2, 0) is 14.8 Å². The zero-order valence-corrected chi connectivity index (χ0v) is 18.3. The van der Waals surface area contributed by atoms with Gasteiger partial charge in [-0.1, -0.05) is 20.8 Å². The predicted octanol–water partition coefficient (Wildman–Crippen LogP) is 2.39. The van der Waals surface area contributed by atoms with Gasteiger partial charge in [0, 0.05) is 29.8 Å². The lowest BCUT2D eigenvalue weighted by molar-refractivity contribution is -0.123. The molecule has 0 aliphatic rings. The second-order valence-corrected chi connectivity index (χ2v) is 9.38. The molecule has 0 atom stereocenters. The molecule has 0 aliphatic carbocycles. The Balaban J connectivity index is 1.83. The Morgan fingerprint density at radius 1 is 0.933 bits per heavy atom. The Morgan fingerprint density at radius 2 is 1.53 bits per heavy atom. The van der Waals surface area contributed by atoms with E-state index in [2.05, 4.69) is 15.4 Å². The second-order valence-electron chi connectivity index (χ2n) is 7.61. The summed E-state index contributed by atoms with van der Waals surface area (Å²) in [7, 11) is -2.17. The maximum atomic E-state index is 12.2. The Kier molecular flexibility index (Phi) is 7.58. The number of anilines is 1. The van der Waals surface area contributed by atoms with Crippen LogP contribution in [0.2, 0.25) is 0 Å². The first-order valence-electron chi connectivity index (χ1n) is 9.36. The number of benzene rings is 2. The standard InChI is InChI=1S/C21H27N3O5S/c1-21(2,3)20(26)24-16-7-5-15(6-8-16)19(25)22-13-14-23-30(27,28)18-11-9-17(29-4)10-12-18/h5-12,23H,13-14H2,1-4H3,(H,22,25)(H,24,26). The van der Waals surface area contributed by atoms with Gasteiger partial charge < -0.3 is 15.4 Å². The molecule has 9 heteroatoms. The van der Waals surface area contributed by atoms with Gasteiger partial charge in [-0.05, 0) is 48.5 Å². The summed E-state index contributed by atoms with van der Waals surface area (Å²) in [6.07, 6.45) is 0. The van der Waals surface area contributed by atoms with E-state index in [0.717, 1.165) is 0 Å². The highest BCUT2D eigenvalue weighted by molar-refractivity contribution is 7.89. The lowest BCUT2D eigenvalue weighted by Crippen LogP contribution is -2.34. The molecule has 0 bridgehead atoms. The summed E-state index contributed by atoms with van der Waals surface area (Å²) in [5.41, 5.74) is 0.482. The highest BCUT2D eigenvalue weighted by atomic mass is 32.2. The van der Waals surface area contributed by atoms with Gasteiger partial charge in [-0.2, -0.15) is 0 Å². The average Bonchev–Trinajstić information content (AvgIpc) is 2.71. The molecule has 30 heavy (non-hydrogen) atoms. The summed E-state index contributed by atoms with van der Waals surface area (Å²) < 4.78 is 31.9. The summed E-state index contributed by atoms with van der Waals surface area (Å²) in [6.45, 7) is 5.60. The van der Waals surface area contributed by atoms with Crippen molar-refractivity contribution in [1.82, 2.24) is 10.0 Å². The van der Waals surface area contributed by atoms with Gasteiger partial charge in [0.1, 0.15) is 5.75 Å². The molecular weight excluding hydrogens is 406 g/mol. The molecule has 0 saturated heterocycles. The van der Waals surface area contributed by atoms with Crippen molar-refractivity contribution in [3.8, 4) is 5.75 Å². The maximum Gasteiger partial charge on any atom is 0.251 e. The molecule has 0 radical (unpaired) electrons. The van der Waals surface area contributed by atoms with E-state index in [-0.39, 0.29) is 29.8 Å². The summed E-state index contributed by atoms with van der Waals surface area (Å²) in [5, 5.41) is 5.44. The number of ether oxygens (including phenoxy) is 1. The van der Waals surface area contributed by atoms with Gasteiger partial charge in [0.2, 0.25) is 15.9 Å². The van der Waals surface area contributed by atoms with Gasteiger partial charge in [0.15, 0.2) is 0 Å². The number of amides is 2. The van der Waals surface area contributed by atoms with Crippen molar-refractivity contribution in [1.29, 1.82) is 0 Å². The zero-order valence-electron chi connectivity index (χ0n) is 17.5. The SMILES string of the molecule is COc1ccc(S(=O)(=O)NCCNC(=O)c2ccc(NC(=O)C(C)(C)C)cc2)cc1. The number of methoxy groups -OCH3 is 1. The van der Waals surface area contributed by atoms with Gasteiger partial charge in [-0.15, -0.1) is 0 Å². The third kappa shape index (κ3) is 6.57. The predicted molar refractivity (Wildman–Crippen MR) is 115 cm³/mol. The Morgan fingerprint density at radius 3 is 2.07 bits per heavy atom. The number of carbonyl (C=O) groups is 2. The van der Waals surface area contributed by atoms with E-state index in [0.29, 0.717) is 17.0 Å². The molecule has 0 saturated carbocycles. The van der Waals surface area contributed by atoms with E-state index in [1.54, 1.807) is 36.4 Å². The first-order chi connectivity index (χ1) is 14.0. The van der Waals surface area contributed by atoms with Crippen molar-refractivity contribution < 1.29 is 22.7 Å². The molecule has 0 unspecified atom stereocenters. The van der Waals surface area contributed by atoms with Crippen LogP contribution in [0.15, 0.2) is 53.4 Å². The molecule has 162 valence electrons. The van der Waals surface area contributed by atoms with Gasteiger partial charge in [0.05, 0.1) is 12.0 Å². The van der Waals surface area contributed by atoms with Crippen molar-refractivity contribution in [2.24, 2.45) is 5.41 Å². The van der Waals surface area contributed by atoms with Gasteiger partial charge in [0.25, 0.3) is 5.91 Å². The number of hydrogen-bond donors (Lipinski definition) is 3. The van der Waals surface area contributed by atoms with Gasteiger partial charge >= 0.3 is 0 Å². The van der Waals surface area contributed by atoms with Crippen LogP contribution in [0.4, 0.5) is 5.69 Å². The first kappa shape index (κ1) is 23.4. The third-order valence-electron chi connectivity index (χ3n) is 4.16. The Bertz CT molecular complexity index is 979. The molecule has 3 N–H and O–H groups in total. The van der Waals surface area contributed by atoms with Gasteiger partial charge in [-0.3, -0.25) is 9.59 Å². The molecule has 2 aromatic carbocycles. The number of sulfonamides is 1. The molecule has 2 aromatic rings. The van der Waals surface area contributed by atoms with E-state index >= 15 is 0 Å². The molecule has 2 rings (SSSR count). The second kappa shape index (κ2) is 9.73. The summed E-state index contributed by atoms with van der Waals surface area (Å²) in [5.74, 6) is 0.0985. The first-order valence-corrected chi connectivity index (χ1v) is 10.8. The zero-order chi connectivity index (χ0) is 22.4.